The Labute approximate surface area is 116 Å². The largest absolute Gasteiger partial charge is 0.481 e. The molecule has 2 aromatic rings. The summed E-state index contributed by atoms with van der Waals surface area (Å²) in [5.74, 6) is -0.789. The Morgan fingerprint density at radius 3 is 3.10 bits per heavy atom. The van der Waals surface area contributed by atoms with Gasteiger partial charge >= 0.3 is 5.97 Å². The molecule has 1 aliphatic heterocycles. The van der Waals surface area contributed by atoms with Crippen LogP contribution < -0.4 is 0 Å². The van der Waals surface area contributed by atoms with Crippen LogP contribution in [0.25, 0.3) is 11.0 Å². The molecule has 106 valence electrons. The molecule has 5 nitrogen and oxygen atoms in total. The van der Waals surface area contributed by atoms with Gasteiger partial charge in [0, 0.05) is 30.1 Å². The SMILES string of the molecule is O=C(O)CC1COCCN1Cc1coc2ccccc12. The molecule has 5 heteroatoms. The molecule has 1 atom stereocenters. The Hall–Kier alpha value is -1.85. The molecule has 20 heavy (non-hydrogen) atoms. The van der Waals surface area contributed by atoms with E-state index in [9.17, 15) is 4.79 Å². The van der Waals surface area contributed by atoms with E-state index in [4.69, 9.17) is 14.3 Å². The molecule has 1 aliphatic rings. The first kappa shape index (κ1) is 13.1. The molecule has 0 radical (unpaired) electrons. The van der Waals surface area contributed by atoms with Crippen molar-refractivity contribution in [3.63, 3.8) is 0 Å². The number of ether oxygens (including phenoxy) is 1. The van der Waals surface area contributed by atoms with Crippen LogP contribution in [-0.4, -0.2) is 41.8 Å². The zero-order valence-electron chi connectivity index (χ0n) is 11.1. The van der Waals surface area contributed by atoms with Crippen LogP contribution in [-0.2, 0) is 16.1 Å². The Bertz CT molecular complexity index is 607. The highest BCUT2D eigenvalue weighted by Gasteiger charge is 2.26. The van der Waals surface area contributed by atoms with Gasteiger partial charge in [0.1, 0.15) is 5.58 Å². The fourth-order valence-corrected chi connectivity index (χ4v) is 2.66. The summed E-state index contributed by atoms with van der Waals surface area (Å²) < 4.78 is 10.9. The lowest BCUT2D eigenvalue weighted by molar-refractivity contribution is -0.140. The third-order valence-corrected chi connectivity index (χ3v) is 3.69. The number of carbonyl (C=O) groups is 1. The number of nitrogens with zero attached hydrogens (tertiary/aromatic N) is 1. The minimum Gasteiger partial charge on any atom is -0.481 e. The fourth-order valence-electron chi connectivity index (χ4n) is 2.66. The first-order chi connectivity index (χ1) is 9.74. The Balaban J connectivity index is 1.79. The van der Waals surface area contributed by atoms with Gasteiger partial charge in [0.25, 0.3) is 0 Å². The van der Waals surface area contributed by atoms with Crippen molar-refractivity contribution in [2.75, 3.05) is 19.8 Å². The van der Waals surface area contributed by atoms with E-state index in [1.807, 2.05) is 24.3 Å². The van der Waals surface area contributed by atoms with Crippen LogP contribution in [0.4, 0.5) is 0 Å². The van der Waals surface area contributed by atoms with Gasteiger partial charge in [-0.15, -0.1) is 0 Å². The number of benzene rings is 1. The Morgan fingerprint density at radius 1 is 1.40 bits per heavy atom. The van der Waals surface area contributed by atoms with Crippen LogP contribution in [0, 0.1) is 0 Å². The minimum absolute atomic E-state index is 0.0742. The summed E-state index contributed by atoms with van der Waals surface area (Å²) in [5, 5.41) is 10.1. The van der Waals surface area contributed by atoms with Crippen molar-refractivity contribution in [2.45, 2.75) is 19.0 Å². The first-order valence-corrected chi connectivity index (χ1v) is 6.73. The number of carboxylic acid groups (broad SMARTS) is 1. The van der Waals surface area contributed by atoms with Crippen LogP contribution >= 0.6 is 0 Å². The number of carboxylic acids is 1. The van der Waals surface area contributed by atoms with Crippen molar-refractivity contribution in [1.29, 1.82) is 0 Å². The average Bonchev–Trinajstić information content (AvgIpc) is 2.84. The van der Waals surface area contributed by atoms with Gasteiger partial charge in [-0.25, -0.2) is 0 Å². The monoisotopic (exact) mass is 275 g/mol. The number of rotatable bonds is 4. The highest BCUT2D eigenvalue weighted by Crippen LogP contribution is 2.24. The minimum atomic E-state index is -0.789. The molecule has 0 spiro atoms. The smallest absolute Gasteiger partial charge is 0.305 e. The summed E-state index contributed by atoms with van der Waals surface area (Å²) in [5.41, 5.74) is 1.96. The van der Waals surface area contributed by atoms with E-state index >= 15 is 0 Å². The number of fused-ring (bicyclic) bond motifs is 1. The van der Waals surface area contributed by atoms with Gasteiger partial charge in [-0.05, 0) is 6.07 Å². The second kappa shape index (κ2) is 5.64. The van der Waals surface area contributed by atoms with Crippen LogP contribution in [0.5, 0.6) is 0 Å². The normalized spacial score (nSPS) is 20.3. The van der Waals surface area contributed by atoms with Crippen molar-refractivity contribution >= 4 is 16.9 Å². The van der Waals surface area contributed by atoms with Crippen molar-refractivity contribution < 1.29 is 19.1 Å². The van der Waals surface area contributed by atoms with E-state index in [2.05, 4.69) is 4.90 Å². The number of hydrogen-bond acceptors (Lipinski definition) is 4. The summed E-state index contributed by atoms with van der Waals surface area (Å²) in [7, 11) is 0. The molecule has 2 heterocycles. The number of morpholine rings is 1. The van der Waals surface area contributed by atoms with Crippen LogP contribution in [0.1, 0.15) is 12.0 Å². The van der Waals surface area contributed by atoms with E-state index < -0.39 is 5.97 Å². The number of hydrogen-bond donors (Lipinski definition) is 1. The molecular weight excluding hydrogens is 258 g/mol. The molecule has 0 bridgehead atoms. The highest BCUT2D eigenvalue weighted by molar-refractivity contribution is 5.80. The lowest BCUT2D eigenvalue weighted by Crippen LogP contribution is -2.45. The summed E-state index contributed by atoms with van der Waals surface area (Å²) in [6, 6.07) is 7.82. The van der Waals surface area contributed by atoms with Gasteiger partial charge in [-0.1, -0.05) is 18.2 Å². The van der Waals surface area contributed by atoms with E-state index in [0.717, 1.165) is 23.1 Å². The summed E-state index contributed by atoms with van der Waals surface area (Å²) >= 11 is 0. The van der Waals surface area contributed by atoms with Crippen molar-refractivity contribution in [1.82, 2.24) is 4.90 Å². The number of para-hydroxylation sites is 1. The summed E-state index contributed by atoms with van der Waals surface area (Å²) in [6.07, 6.45) is 1.87. The molecular formula is C15H17NO4. The summed E-state index contributed by atoms with van der Waals surface area (Å²) in [4.78, 5) is 13.1. The fraction of sp³-hybridized carbons (Fsp3) is 0.400. The van der Waals surface area contributed by atoms with Crippen LogP contribution in [0.2, 0.25) is 0 Å². The zero-order chi connectivity index (χ0) is 13.9. The van der Waals surface area contributed by atoms with Gasteiger partial charge in [-0.2, -0.15) is 0 Å². The molecule has 0 saturated carbocycles. The van der Waals surface area contributed by atoms with Crippen molar-refractivity contribution in [3.05, 3.63) is 36.1 Å². The van der Waals surface area contributed by atoms with Gasteiger partial charge < -0.3 is 14.3 Å². The van der Waals surface area contributed by atoms with Gasteiger partial charge in [0.05, 0.1) is 25.9 Å². The van der Waals surface area contributed by atoms with E-state index in [1.54, 1.807) is 6.26 Å². The molecule has 1 aromatic heterocycles. The molecule has 0 aliphatic carbocycles. The maximum atomic E-state index is 10.9. The standard InChI is InChI=1S/C15H17NO4/c17-15(18)7-12-10-19-6-5-16(12)8-11-9-20-14-4-2-1-3-13(11)14/h1-4,9,12H,5-8,10H2,(H,17,18). The topological polar surface area (TPSA) is 62.9 Å². The van der Waals surface area contributed by atoms with Gasteiger partial charge in [0.2, 0.25) is 0 Å². The van der Waals surface area contributed by atoms with Crippen molar-refractivity contribution in [3.8, 4) is 0 Å². The first-order valence-electron chi connectivity index (χ1n) is 6.73. The molecule has 1 unspecified atom stereocenters. The predicted octanol–water partition coefficient (Wildman–Crippen LogP) is 2.11. The second-order valence-corrected chi connectivity index (χ2v) is 5.05. The van der Waals surface area contributed by atoms with Crippen LogP contribution in [0.3, 0.4) is 0 Å². The number of furan rings is 1. The van der Waals surface area contributed by atoms with Crippen molar-refractivity contribution in [2.24, 2.45) is 0 Å². The average molecular weight is 275 g/mol. The van der Waals surface area contributed by atoms with E-state index in [-0.39, 0.29) is 12.5 Å². The molecule has 1 saturated heterocycles. The molecule has 1 fully saturated rings. The lowest BCUT2D eigenvalue weighted by atomic mass is 10.1. The quantitative estimate of drug-likeness (QED) is 0.926. The van der Waals surface area contributed by atoms with E-state index in [0.29, 0.717) is 19.8 Å². The zero-order valence-corrected chi connectivity index (χ0v) is 11.1. The molecule has 3 rings (SSSR count). The maximum absolute atomic E-state index is 10.9. The third kappa shape index (κ3) is 2.69. The maximum Gasteiger partial charge on any atom is 0.305 e. The number of aliphatic carboxylic acids is 1. The molecule has 0 amide bonds. The Kier molecular flexibility index (Phi) is 3.71. The lowest BCUT2D eigenvalue weighted by Gasteiger charge is -2.34. The molecule has 1 N–H and O–H groups in total. The van der Waals surface area contributed by atoms with Crippen LogP contribution in [0.15, 0.2) is 34.9 Å². The highest BCUT2D eigenvalue weighted by atomic mass is 16.5. The summed E-state index contributed by atoms with van der Waals surface area (Å²) in [6.45, 7) is 2.56. The second-order valence-electron chi connectivity index (χ2n) is 5.05. The van der Waals surface area contributed by atoms with Gasteiger partial charge in [-0.3, -0.25) is 9.69 Å². The van der Waals surface area contributed by atoms with E-state index in [1.165, 1.54) is 0 Å². The van der Waals surface area contributed by atoms with Gasteiger partial charge in [0.15, 0.2) is 0 Å². The third-order valence-electron chi connectivity index (χ3n) is 3.69. The Morgan fingerprint density at radius 2 is 2.25 bits per heavy atom. The molecule has 1 aromatic carbocycles. The predicted molar refractivity (Wildman–Crippen MR) is 73.5 cm³/mol.